The molecule has 0 radical (unpaired) electrons. The topological polar surface area (TPSA) is 71.3 Å². The maximum atomic E-state index is 12.2. The fourth-order valence-corrected chi connectivity index (χ4v) is 3.54. The molecule has 6 nitrogen and oxygen atoms in total. The zero-order valence-electron chi connectivity index (χ0n) is 14.5. The van der Waals surface area contributed by atoms with Gasteiger partial charge in [-0.05, 0) is 36.6 Å². The maximum Gasteiger partial charge on any atom is 0.274 e. The van der Waals surface area contributed by atoms with E-state index in [1.165, 1.54) is 25.7 Å². The van der Waals surface area contributed by atoms with Crippen molar-refractivity contribution in [3.05, 3.63) is 35.8 Å². The molecule has 0 spiro atoms. The molecule has 1 saturated heterocycles. The molecule has 0 unspecified atom stereocenters. The van der Waals surface area contributed by atoms with Crippen molar-refractivity contribution < 1.29 is 4.79 Å². The van der Waals surface area contributed by atoms with Gasteiger partial charge >= 0.3 is 0 Å². The van der Waals surface area contributed by atoms with Gasteiger partial charge in [-0.15, -0.1) is 0 Å². The quantitative estimate of drug-likeness (QED) is 0.654. The Morgan fingerprint density at radius 3 is 2.80 bits per heavy atom. The van der Waals surface area contributed by atoms with Gasteiger partial charge < -0.3 is 9.88 Å². The number of nitrogens with one attached hydrogen (secondary N) is 2. The van der Waals surface area contributed by atoms with Crippen LogP contribution < -0.4 is 10.6 Å². The Morgan fingerprint density at radius 2 is 2.00 bits per heavy atom. The van der Waals surface area contributed by atoms with Crippen molar-refractivity contribution in [2.75, 3.05) is 0 Å². The Bertz CT molecular complexity index is 856. The monoisotopic (exact) mass is 337 g/mol. The summed E-state index contributed by atoms with van der Waals surface area (Å²) < 4.78 is 1.98. The first-order chi connectivity index (χ1) is 12.2. The number of aliphatic imine (C=N–C) groups is 1. The van der Waals surface area contributed by atoms with E-state index in [2.05, 4.69) is 15.6 Å². The molecule has 1 aromatic heterocycles. The van der Waals surface area contributed by atoms with Crippen LogP contribution in [-0.4, -0.2) is 27.5 Å². The summed E-state index contributed by atoms with van der Waals surface area (Å²) in [6.07, 6.45) is 10.9. The van der Waals surface area contributed by atoms with E-state index >= 15 is 0 Å². The Kier molecular flexibility index (Phi) is 4.26. The van der Waals surface area contributed by atoms with Crippen molar-refractivity contribution in [3.63, 3.8) is 0 Å². The summed E-state index contributed by atoms with van der Waals surface area (Å²) >= 11 is 0. The summed E-state index contributed by atoms with van der Waals surface area (Å²) in [7, 11) is 1.97. The molecular weight excluding hydrogens is 314 g/mol. The minimum Gasteiger partial charge on any atom is -0.334 e. The second kappa shape index (κ2) is 6.70. The molecule has 6 heteroatoms. The van der Waals surface area contributed by atoms with Crippen molar-refractivity contribution in [3.8, 4) is 0 Å². The fraction of sp³-hybridized carbons (Fsp3) is 0.421. The van der Waals surface area contributed by atoms with Crippen LogP contribution in [0.3, 0.4) is 0 Å². The lowest BCUT2D eigenvalue weighted by Crippen LogP contribution is -2.27. The molecule has 2 heterocycles. The molecule has 2 aliphatic rings. The number of hydrogen-bond donors (Lipinski definition) is 2. The first-order valence-electron chi connectivity index (χ1n) is 8.98. The van der Waals surface area contributed by atoms with Crippen molar-refractivity contribution in [2.45, 2.75) is 44.6 Å². The number of aromatic nitrogens is 2. The van der Waals surface area contributed by atoms with Crippen LogP contribution >= 0.6 is 0 Å². The molecule has 4 rings (SSSR count). The van der Waals surface area contributed by atoms with Crippen LogP contribution in [0.1, 0.15) is 44.1 Å². The summed E-state index contributed by atoms with van der Waals surface area (Å²) in [5, 5.41) is 5.98. The number of hydrogen-bond acceptors (Lipinski definition) is 3. The smallest absolute Gasteiger partial charge is 0.274 e. The van der Waals surface area contributed by atoms with Crippen molar-refractivity contribution >= 4 is 29.0 Å². The highest BCUT2D eigenvalue weighted by Gasteiger charge is 2.23. The van der Waals surface area contributed by atoms with Crippen LogP contribution in [0.5, 0.6) is 0 Å². The van der Waals surface area contributed by atoms with E-state index in [-0.39, 0.29) is 5.91 Å². The molecular formula is C19H23N5O. The van der Waals surface area contributed by atoms with Crippen molar-refractivity contribution in [1.29, 1.82) is 0 Å². The third kappa shape index (κ3) is 3.43. The minimum absolute atomic E-state index is 0.131. The molecule has 1 aromatic carbocycles. The summed E-state index contributed by atoms with van der Waals surface area (Å²) in [5.41, 5.74) is 3.46. The van der Waals surface area contributed by atoms with Gasteiger partial charge in [0.25, 0.3) is 5.91 Å². The number of aryl methyl sites for hydroxylation is 1. The predicted molar refractivity (Wildman–Crippen MR) is 98.9 cm³/mol. The number of fused-ring (bicyclic) bond motifs is 1. The highest BCUT2D eigenvalue weighted by Crippen LogP contribution is 2.20. The summed E-state index contributed by atoms with van der Waals surface area (Å²) in [5.74, 6) is 0.454. The zero-order chi connectivity index (χ0) is 17.2. The molecule has 25 heavy (non-hydrogen) atoms. The molecule has 130 valence electrons. The van der Waals surface area contributed by atoms with E-state index in [0.717, 1.165) is 29.4 Å². The molecule has 0 atom stereocenters. The van der Waals surface area contributed by atoms with Crippen molar-refractivity contribution in [1.82, 2.24) is 20.2 Å². The lowest BCUT2D eigenvalue weighted by atomic mass is 10.1. The lowest BCUT2D eigenvalue weighted by molar-refractivity contribution is -0.115. The average Bonchev–Trinajstić information content (AvgIpc) is 3.01. The van der Waals surface area contributed by atoms with Crippen LogP contribution in [0.15, 0.2) is 35.2 Å². The summed E-state index contributed by atoms with van der Waals surface area (Å²) in [4.78, 5) is 21.3. The van der Waals surface area contributed by atoms with Gasteiger partial charge in [0, 0.05) is 7.05 Å². The van der Waals surface area contributed by atoms with Gasteiger partial charge in [-0.3, -0.25) is 10.1 Å². The number of imidazole rings is 1. The van der Waals surface area contributed by atoms with Gasteiger partial charge in [0.15, 0.2) is 0 Å². The first kappa shape index (κ1) is 15.9. The summed E-state index contributed by atoms with van der Waals surface area (Å²) in [6.45, 7) is 0. The number of amides is 1. The number of benzene rings is 1. The highest BCUT2D eigenvalue weighted by molar-refractivity contribution is 6.15. The Morgan fingerprint density at radius 1 is 1.20 bits per heavy atom. The van der Waals surface area contributed by atoms with E-state index in [1.54, 1.807) is 6.33 Å². The van der Waals surface area contributed by atoms with Gasteiger partial charge in [-0.1, -0.05) is 31.7 Å². The number of nitrogens with zero attached hydrogens (tertiary/aromatic N) is 3. The minimum atomic E-state index is -0.131. The van der Waals surface area contributed by atoms with Crippen LogP contribution in [0, 0.1) is 0 Å². The van der Waals surface area contributed by atoms with E-state index < -0.39 is 0 Å². The van der Waals surface area contributed by atoms with Gasteiger partial charge in [0.2, 0.25) is 5.96 Å². The Labute approximate surface area is 147 Å². The lowest BCUT2D eigenvalue weighted by Gasteiger charge is -2.09. The largest absolute Gasteiger partial charge is 0.334 e. The molecule has 1 saturated carbocycles. The van der Waals surface area contributed by atoms with E-state index in [4.69, 9.17) is 4.99 Å². The molecule has 1 amide bonds. The summed E-state index contributed by atoms with van der Waals surface area (Å²) in [6, 6.07) is 6.31. The van der Waals surface area contributed by atoms with Crippen LogP contribution in [0.4, 0.5) is 0 Å². The molecule has 0 bridgehead atoms. The Hall–Kier alpha value is -2.63. The van der Waals surface area contributed by atoms with Gasteiger partial charge in [0.1, 0.15) is 5.70 Å². The number of carbonyl (C=O) groups excluding carboxylic acids is 1. The molecule has 2 aromatic rings. The van der Waals surface area contributed by atoms with Crippen LogP contribution in [0.2, 0.25) is 0 Å². The van der Waals surface area contributed by atoms with E-state index in [0.29, 0.717) is 17.7 Å². The molecule has 2 N–H and O–H groups in total. The van der Waals surface area contributed by atoms with Gasteiger partial charge in [0.05, 0.1) is 23.4 Å². The molecule has 1 aliphatic carbocycles. The number of carbonyl (C=O) groups is 1. The van der Waals surface area contributed by atoms with Crippen LogP contribution in [0.25, 0.3) is 17.1 Å². The first-order valence-corrected chi connectivity index (χ1v) is 8.98. The number of rotatable bonds is 2. The Balaban J connectivity index is 1.53. The second-order valence-electron chi connectivity index (χ2n) is 6.86. The third-order valence-electron chi connectivity index (χ3n) is 4.93. The van der Waals surface area contributed by atoms with Gasteiger partial charge in [-0.25, -0.2) is 9.98 Å². The standard InChI is InChI=1S/C19H23N5O/c1-24-12-20-15-10-13(8-9-17(15)24)11-16-18(25)23-19(22-16)21-14-6-4-2-3-5-7-14/h8-12,14H,2-7H2,1H3,(H2,21,22,23,25)/b16-11-. The SMILES string of the molecule is Cn1cnc2cc(/C=C3\NC(=NC4CCCCCC4)NC3=O)ccc21. The normalized spacial score (nSPS) is 22.4. The van der Waals surface area contributed by atoms with Crippen LogP contribution in [-0.2, 0) is 11.8 Å². The number of guanidine groups is 1. The second-order valence-corrected chi connectivity index (χ2v) is 6.86. The van der Waals surface area contributed by atoms with E-state index in [9.17, 15) is 4.79 Å². The van der Waals surface area contributed by atoms with E-state index in [1.807, 2.05) is 35.9 Å². The molecule has 2 fully saturated rings. The highest BCUT2D eigenvalue weighted by atomic mass is 16.2. The average molecular weight is 337 g/mol. The molecule has 1 aliphatic heterocycles. The van der Waals surface area contributed by atoms with Gasteiger partial charge in [-0.2, -0.15) is 0 Å². The predicted octanol–water partition coefficient (Wildman–Crippen LogP) is 2.71. The zero-order valence-corrected chi connectivity index (χ0v) is 14.5. The fourth-order valence-electron chi connectivity index (χ4n) is 3.54. The van der Waals surface area contributed by atoms with Crippen molar-refractivity contribution in [2.24, 2.45) is 12.0 Å². The third-order valence-corrected chi connectivity index (χ3v) is 4.93. The maximum absolute atomic E-state index is 12.2.